The lowest BCUT2D eigenvalue weighted by Crippen LogP contribution is -2.53. The molecule has 1 saturated carbocycles. The second-order valence-electron chi connectivity index (χ2n) is 9.39. The molecule has 1 aliphatic heterocycles. The molecule has 2 fully saturated rings. The lowest BCUT2D eigenvalue weighted by Gasteiger charge is -2.39. The molecule has 35 heavy (non-hydrogen) atoms. The topological polar surface area (TPSA) is 99.5 Å². The molecule has 2 aromatic carbocycles. The number of hydrogen-bond acceptors (Lipinski definition) is 5. The van der Waals surface area contributed by atoms with Crippen molar-refractivity contribution in [1.82, 2.24) is 25.5 Å². The molecule has 1 aromatic heterocycles. The second kappa shape index (κ2) is 9.85. The standard InChI is InChI=1S/C27H29N5O3/c1-31-17-23(14-29-31)20-7-9-21(10-8-20)24-12-25(24)28-13-19-15-32(16-19)26(33)11-4-18-2-5-22(6-3-18)27(34)30-35/h2-11,14,17,19,24-25,28,35H,12-13,15-16H2,1H3,(H,30,34). The number of carbonyl (C=O) groups is 2. The van der Waals surface area contributed by atoms with Gasteiger partial charge in [-0.15, -0.1) is 0 Å². The van der Waals surface area contributed by atoms with Gasteiger partial charge >= 0.3 is 0 Å². The van der Waals surface area contributed by atoms with Crippen molar-refractivity contribution >= 4 is 17.9 Å². The number of amides is 2. The zero-order valence-electron chi connectivity index (χ0n) is 19.6. The number of benzene rings is 2. The Morgan fingerprint density at radius 1 is 1.09 bits per heavy atom. The molecule has 2 atom stereocenters. The van der Waals surface area contributed by atoms with Crippen LogP contribution in [0, 0.1) is 5.92 Å². The maximum absolute atomic E-state index is 12.4. The summed E-state index contributed by atoms with van der Waals surface area (Å²) in [6.07, 6.45) is 8.37. The van der Waals surface area contributed by atoms with Gasteiger partial charge in [0.25, 0.3) is 5.91 Å². The second-order valence-corrected chi connectivity index (χ2v) is 9.39. The largest absolute Gasteiger partial charge is 0.338 e. The van der Waals surface area contributed by atoms with E-state index in [1.807, 2.05) is 29.0 Å². The number of hydrogen-bond donors (Lipinski definition) is 3. The zero-order chi connectivity index (χ0) is 24.4. The van der Waals surface area contributed by atoms with E-state index in [1.165, 1.54) is 11.1 Å². The fraction of sp³-hybridized carbons (Fsp3) is 0.296. The molecule has 1 aliphatic carbocycles. The molecule has 2 heterocycles. The third kappa shape index (κ3) is 5.34. The molecule has 5 rings (SSSR count). The third-order valence-corrected chi connectivity index (χ3v) is 6.80. The molecule has 1 saturated heterocycles. The Balaban J connectivity index is 1.02. The summed E-state index contributed by atoms with van der Waals surface area (Å²) in [5.74, 6) is 0.482. The van der Waals surface area contributed by atoms with Crippen molar-refractivity contribution in [3.05, 3.63) is 83.7 Å². The first-order valence-corrected chi connectivity index (χ1v) is 11.8. The zero-order valence-corrected chi connectivity index (χ0v) is 19.6. The monoisotopic (exact) mass is 471 g/mol. The van der Waals surface area contributed by atoms with Crippen LogP contribution < -0.4 is 10.8 Å². The van der Waals surface area contributed by atoms with E-state index < -0.39 is 5.91 Å². The number of rotatable bonds is 8. The highest BCUT2D eigenvalue weighted by Gasteiger charge is 2.39. The normalized spacial score (nSPS) is 19.5. The predicted octanol–water partition coefficient (Wildman–Crippen LogP) is 2.82. The van der Waals surface area contributed by atoms with Crippen molar-refractivity contribution in [1.29, 1.82) is 0 Å². The number of nitrogens with one attached hydrogen (secondary N) is 2. The van der Waals surface area contributed by atoms with E-state index in [1.54, 1.807) is 41.9 Å². The first kappa shape index (κ1) is 23.0. The molecule has 2 unspecified atom stereocenters. The van der Waals surface area contributed by atoms with Gasteiger partial charge in [0.15, 0.2) is 0 Å². The highest BCUT2D eigenvalue weighted by atomic mass is 16.5. The Bertz CT molecular complexity index is 1230. The maximum atomic E-state index is 12.4. The molecule has 2 amide bonds. The van der Waals surface area contributed by atoms with Crippen LogP contribution in [0.3, 0.4) is 0 Å². The number of nitrogens with zero attached hydrogens (tertiary/aromatic N) is 3. The SMILES string of the molecule is Cn1cc(-c2ccc(C3CC3NCC3CN(C(=O)C=Cc4ccc(C(=O)NO)cc4)C3)cc2)cn1. The van der Waals surface area contributed by atoms with E-state index >= 15 is 0 Å². The highest BCUT2D eigenvalue weighted by Crippen LogP contribution is 2.41. The Hall–Kier alpha value is -3.75. The summed E-state index contributed by atoms with van der Waals surface area (Å²) in [6.45, 7) is 2.46. The van der Waals surface area contributed by atoms with Crippen LogP contribution in [0.15, 0.2) is 67.0 Å². The minimum absolute atomic E-state index is 0.00330. The lowest BCUT2D eigenvalue weighted by molar-refractivity contribution is -0.131. The van der Waals surface area contributed by atoms with Gasteiger partial charge in [-0.2, -0.15) is 5.10 Å². The van der Waals surface area contributed by atoms with Crippen molar-refractivity contribution in [2.24, 2.45) is 13.0 Å². The number of aryl methyl sites for hydroxylation is 1. The van der Waals surface area contributed by atoms with Crippen LogP contribution in [0.5, 0.6) is 0 Å². The molecule has 3 aromatic rings. The average Bonchev–Trinajstić information content (AvgIpc) is 3.51. The van der Waals surface area contributed by atoms with Gasteiger partial charge in [0.05, 0.1) is 6.20 Å². The first-order valence-electron chi connectivity index (χ1n) is 11.8. The molecule has 3 N–H and O–H groups in total. The maximum Gasteiger partial charge on any atom is 0.274 e. The summed E-state index contributed by atoms with van der Waals surface area (Å²) in [5.41, 5.74) is 6.46. The molecular weight excluding hydrogens is 442 g/mol. The Labute approximate surface area is 204 Å². The van der Waals surface area contributed by atoms with E-state index in [9.17, 15) is 9.59 Å². The summed E-state index contributed by atoms with van der Waals surface area (Å²) < 4.78 is 1.82. The van der Waals surface area contributed by atoms with Crippen LogP contribution in [0.1, 0.15) is 33.8 Å². The fourth-order valence-electron chi connectivity index (χ4n) is 4.56. The smallest absolute Gasteiger partial charge is 0.274 e. The molecule has 8 heteroatoms. The average molecular weight is 472 g/mol. The van der Waals surface area contributed by atoms with Gasteiger partial charge in [0.1, 0.15) is 0 Å². The quantitative estimate of drug-likeness (QED) is 0.267. The van der Waals surface area contributed by atoms with Gasteiger partial charge < -0.3 is 10.2 Å². The fourth-order valence-corrected chi connectivity index (χ4v) is 4.56. The van der Waals surface area contributed by atoms with Crippen molar-refractivity contribution in [3.8, 4) is 11.1 Å². The van der Waals surface area contributed by atoms with Crippen molar-refractivity contribution in [3.63, 3.8) is 0 Å². The van der Waals surface area contributed by atoms with Gasteiger partial charge in [0, 0.05) is 68.0 Å². The van der Waals surface area contributed by atoms with Crippen molar-refractivity contribution in [2.75, 3.05) is 19.6 Å². The molecule has 8 nitrogen and oxygen atoms in total. The van der Waals surface area contributed by atoms with Gasteiger partial charge in [-0.1, -0.05) is 36.4 Å². The van der Waals surface area contributed by atoms with E-state index in [0.717, 1.165) is 37.2 Å². The van der Waals surface area contributed by atoms with Gasteiger partial charge in [-0.3, -0.25) is 19.5 Å². The van der Waals surface area contributed by atoms with Crippen LogP contribution in [0.4, 0.5) is 0 Å². The number of carbonyl (C=O) groups excluding carboxylic acids is 2. The number of hydroxylamine groups is 1. The number of aromatic nitrogens is 2. The summed E-state index contributed by atoms with van der Waals surface area (Å²) in [7, 11) is 1.93. The van der Waals surface area contributed by atoms with Crippen molar-refractivity contribution < 1.29 is 14.8 Å². The van der Waals surface area contributed by atoms with E-state index in [-0.39, 0.29) is 5.91 Å². The van der Waals surface area contributed by atoms with Crippen LogP contribution in [-0.2, 0) is 11.8 Å². The Kier molecular flexibility index (Phi) is 6.48. The van der Waals surface area contributed by atoms with Gasteiger partial charge in [-0.05, 0) is 41.3 Å². The van der Waals surface area contributed by atoms with E-state index in [4.69, 9.17) is 5.21 Å². The first-order chi connectivity index (χ1) is 17.0. The van der Waals surface area contributed by atoms with E-state index in [2.05, 4.69) is 34.7 Å². The molecular formula is C27H29N5O3. The van der Waals surface area contributed by atoms with E-state index in [0.29, 0.717) is 23.4 Å². The summed E-state index contributed by atoms with van der Waals surface area (Å²) >= 11 is 0. The minimum Gasteiger partial charge on any atom is -0.338 e. The Morgan fingerprint density at radius 3 is 2.49 bits per heavy atom. The summed E-state index contributed by atoms with van der Waals surface area (Å²) in [6, 6.07) is 16.0. The highest BCUT2D eigenvalue weighted by molar-refractivity contribution is 5.94. The third-order valence-electron chi connectivity index (χ3n) is 6.80. The predicted molar refractivity (Wildman–Crippen MR) is 133 cm³/mol. The molecule has 0 radical (unpaired) electrons. The van der Waals surface area contributed by atoms with Crippen LogP contribution >= 0.6 is 0 Å². The van der Waals surface area contributed by atoms with Crippen LogP contribution in [0.2, 0.25) is 0 Å². The van der Waals surface area contributed by atoms with Gasteiger partial charge in [-0.25, -0.2) is 5.48 Å². The number of likely N-dealkylation sites (tertiary alicyclic amines) is 1. The lowest BCUT2D eigenvalue weighted by atomic mass is 9.99. The Morgan fingerprint density at radius 2 is 1.83 bits per heavy atom. The van der Waals surface area contributed by atoms with Crippen LogP contribution in [-0.4, -0.2) is 57.4 Å². The summed E-state index contributed by atoms with van der Waals surface area (Å²) in [4.78, 5) is 25.6. The summed E-state index contributed by atoms with van der Waals surface area (Å²) in [5, 5.41) is 16.6. The molecule has 0 spiro atoms. The van der Waals surface area contributed by atoms with Crippen molar-refractivity contribution in [2.45, 2.75) is 18.4 Å². The molecule has 2 aliphatic rings. The van der Waals surface area contributed by atoms with Gasteiger partial charge in [0.2, 0.25) is 5.91 Å². The molecule has 180 valence electrons. The molecule has 0 bridgehead atoms. The minimum atomic E-state index is -0.562. The van der Waals surface area contributed by atoms with Crippen LogP contribution in [0.25, 0.3) is 17.2 Å².